The number of hydrogen-bond acceptors (Lipinski definition) is 3. The Labute approximate surface area is 184 Å². The summed E-state index contributed by atoms with van der Waals surface area (Å²) in [6.07, 6.45) is 0.948. The number of sulfonamides is 1. The molecular formula is C25H28N2O3S. The van der Waals surface area contributed by atoms with Gasteiger partial charge in [0.1, 0.15) is 6.54 Å². The van der Waals surface area contributed by atoms with Crippen molar-refractivity contribution in [2.24, 2.45) is 0 Å². The van der Waals surface area contributed by atoms with Gasteiger partial charge in [-0.05, 0) is 61.2 Å². The molecule has 0 unspecified atom stereocenters. The van der Waals surface area contributed by atoms with Gasteiger partial charge in [-0.3, -0.25) is 9.10 Å². The summed E-state index contributed by atoms with van der Waals surface area (Å²) in [4.78, 5) is 13.0. The van der Waals surface area contributed by atoms with Crippen molar-refractivity contribution in [3.8, 4) is 0 Å². The zero-order chi connectivity index (χ0) is 22.4. The van der Waals surface area contributed by atoms with Crippen LogP contribution in [0.15, 0.2) is 83.8 Å². The number of benzene rings is 3. The normalized spacial score (nSPS) is 12.2. The molecule has 31 heavy (non-hydrogen) atoms. The molecular weight excluding hydrogens is 408 g/mol. The van der Waals surface area contributed by atoms with E-state index in [1.807, 2.05) is 44.2 Å². The maximum atomic E-state index is 13.4. The highest BCUT2D eigenvalue weighted by atomic mass is 32.2. The van der Waals surface area contributed by atoms with Crippen molar-refractivity contribution in [3.63, 3.8) is 0 Å². The summed E-state index contributed by atoms with van der Waals surface area (Å²) in [5.41, 5.74) is 3.56. The van der Waals surface area contributed by atoms with E-state index in [0.29, 0.717) is 5.69 Å². The van der Waals surface area contributed by atoms with Gasteiger partial charge in [-0.25, -0.2) is 8.42 Å². The average Bonchev–Trinajstić information content (AvgIpc) is 2.78. The van der Waals surface area contributed by atoms with Gasteiger partial charge in [0, 0.05) is 0 Å². The minimum absolute atomic E-state index is 0.146. The third-order valence-corrected chi connectivity index (χ3v) is 6.96. The van der Waals surface area contributed by atoms with E-state index in [4.69, 9.17) is 0 Å². The maximum absolute atomic E-state index is 13.4. The van der Waals surface area contributed by atoms with Gasteiger partial charge in [0.2, 0.25) is 5.91 Å². The molecule has 0 bridgehead atoms. The van der Waals surface area contributed by atoms with Crippen molar-refractivity contribution in [2.75, 3.05) is 10.8 Å². The molecule has 0 aliphatic heterocycles. The van der Waals surface area contributed by atoms with Crippen LogP contribution in [0.1, 0.15) is 36.6 Å². The molecule has 1 N–H and O–H groups in total. The van der Waals surface area contributed by atoms with E-state index in [-0.39, 0.29) is 23.4 Å². The fourth-order valence-corrected chi connectivity index (χ4v) is 4.79. The van der Waals surface area contributed by atoms with Crippen molar-refractivity contribution in [1.82, 2.24) is 5.32 Å². The monoisotopic (exact) mass is 436 g/mol. The summed E-state index contributed by atoms with van der Waals surface area (Å²) < 4.78 is 27.9. The first-order valence-electron chi connectivity index (χ1n) is 10.3. The van der Waals surface area contributed by atoms with Gasteiger partial charge in [0.15, 0.2) is 0 Å². The van der Waals surface area contributed by atoms with Crippen molar-refractivity contribution in [1.29, 1.82) is 0 Å². The van der Waals surface area contributed by atoms with Crippen LogP contribution in [0.5, 0.6) is 0 Å². The first kappa shape index (κ1) is 22.6. The highest BCUT2D eigenvalue weighted by Crippen LogP contribution is 2.24. The highest BCUT2D eigenvalue weighted by Gasteiger charge is 2.27. The molecule has 6 heteroatoms. The zero-order valence-corrected chi connectivity index (χ0v) is 18.9. The van der Waals surface area contributed by atoms with E-state index < -0.39 is 10.0 Å². The number of anilines is 1. The van der Waals surface area contributed by atoms with Crippen LogP contribution in [0.2, 0.25) is 0 Å². The molecule has 0 aliphatic carbocycles. The highest BCUT2D eigenvalue weighted by molar-refractivity contribution is 7.92. The topological polar surface area (TPSA) is 66.5 Å². The Kier molecular flexibility index (Phi) is 7.13. The molecule has 0 radical (unpaired) electrons. The minimum atomic E-state index is -3.90. The molecule has 0 saturated carbocycles. The van der Waals surface area contributed by atoms with E-state index in [1.54, 1.807) is 36.4 Å². The first-order chi connectivity index (χ1) is 14.8. The second-order valence-electron chi connectivity index (χ2n) is 7.55. The molecule has 162 valence electrons. The molecule has 0 heterocycles. The molecule has 0 saturated heterocycles. The van der Waals surface area contributed by atoms with Crippen LogP contribution in [0.3, 0.4) is 0 Å². The minimum Gasteiger partial charge on any atom is -0.348 e. The van der Waals surface area contributed by atoms with Crippen LogP contribution >= 0.6 is 0 Å². The molecule has 5 nitrogen and oxygen atoms in total. The number of rotatable bonds is 8. The van der Waals surface area contributed by atoms with Crippen LogP contribution < -0.4 is 9.62 Å². The molecule has 0 aromatic heterocycles. The Hall–Kier alpha value is -3.12. The van der Waals surface area contributed by atoms with Gasteiger partial charge >= 0.3 is 0 Å². The lowest BCUT2D eigenvalue weighted by molar-refractivity contribution is -0.120. The van der Waals surface area contributed by atoms with Crippen molar-refractivity contribution >= 4 is 21.6 Å². The van der Waals surface area contributed by atoms with E-state index in [0.717, 1.165) is 21.9 Å². The van der Waals surface area contributed by atoms with Crippen LogP contribution in [0, 0.1) is 6.92 Å². The Bertz CT molecular complexity index is 1130. The number of amides is 1. The van der Waals surface area contributed by atoms with Gasteiger partial charge < -0.3 is 5.32 Å². The van der Waals surface area contributed by atoms with Gasteiger partial charge in [-0.1, -0.05) is 61.5 Å². The SMILES string of the molecule is CCc1ccc([C@H](C)NC(=O)CN(c2cccc(C)c2)S(=O)(=O)c2ccccc2)cc1. The predicted molar refractivity (Wildman–Crippen MR) is 125 cm³/mol. The van der Waals surface area contributed by atoms with Crippen LogP contribution in [-0.4, -0.2) is 20.9 Å². The standard InChI is InChI=1S/C25H28N2O3S/c1-4-21-13-15-22(16-14-21)20(3)26-25(28)18-27(23-10-8-9-19(2)17-23)31(29,30)24-11-6-5-7-12-24/h5-17,20H,4,18H2,1-3H3,(H,26,28)/t20-/m0/s1. The van der Waals surface area contributed by atoms with Crippen LogP contribution in [0.4, 0.5) is 5.69 Å². The summed E-state index contributed by atoms with van der Waals surface area (Å²) in [6, 6.07) is 23.1. The third-order valence-electron chi connectivity index (χ3n) is 5.17. The molecule has 3 aromatic carbocycles. The summed E-state index contributed by atoms with van der Waals surface area (Å²) in [5.74, 6) is -0.368. The predicted octanol–water partition coefficient (Wildman–Crippen LogP) is 4.63. The van der Waals surface area contributed by atoms with E-state index in [1.165, 1.54) is 17.7 Å². The molecule has 1 atom stereocenters. The second kappa shape index (κ2) is 9.79. The van der Waals surface area contributed by atoms with Crippen LogP contribution in [0.25, 0.3) is 0 Å². The lowest BCUT2D eigenvalue weighted by Gasteiger charge is -2.25. The van der Waals surface area contributed by atoms with Gasteiger partial charge in [-0.15, -0.1) is 0 Å². The van der Waals surface area contributed by atoms with Gasteiger partial charge in [-0.2, -0.15) is 0 Å². The number of carbonyl (C=O) groups is 1. The lowest BCUT2D eigenvalue weighted by atomic mass is 10.1. The number of hydrogen-bond donors (Lipinski definition) is 1. The largest absolute Gasteiger partial charge is 0.348 e. The molecule has 1 amide bonds. The smallest absolute Gasteiger partial charge is 0.264 e. The average molecular weight is 437 g/mol. The zero-order valence-electron chi connectivity index (χ0n) is 18.1. The fraction of sp³-hybridized carbons (Fsp3) is 0.240. The van der Waals surface area contributed by atoms with E-state index in [9.17, 15) is 13.2 Å². The van der Waals surface area contributed by atoms with Crippen LogP contribution in [-0.2, 0) is 21.2 Å². The summed E-state index contributed by atoms with van der Waals surface area (Å²) >= 11 is 0. The first-order valence-corrected chi connectivity index (χ1v) is 11.8. The molecule has 0 aliphatic rings. The molecule has 3 rings (SSSR count). The molecule has 3 aromatic rings. The Morgan fingerprint density at radius 1 is 0.968 bits per heavy atom. The van der Waals surface area contributed by atoms with Crippen molar-refractivity contribution < 1.29 is 13.2 Å². The van der Waals surface area contributed by atoms with Gasteiger partial charge in [0.25, 0.3) is 10.0 Å². The quantitative estimate of drug-likeness (QED) is 0.560. The summed E-state index contributed by atoms with van der Waals surface area (Å²) in [7, 11) is -3.90. The van der Waals surface area contributed by atoms with E-state index >= 15 is 0 Å². The number of nitrogens with one attached hydrogen (secondary N) is 1. The maximum Gasteiger partial charge on any atom is 0.264 e. The number of carbonyl (C=O) groups excluding carboxylic acids is 1. The Balaban J connectivity index is 1.85. The fourth-order valence-electron chi connectivity index (χ4n) is 3.36. The van der Waals surface area contributed by atoms with Gasteiger partial charge in [0.05, 0.1) is 16.6 Å². The number of nitrogens with zero attached hydrogens (tertiary/aromatic N) is 1. The van der Waals surface area contributed by atoms with E-state index in [2.05, 4.69) is 12.2 Å². The third kappa shape index (κ3) is 5.52. The summed E-state index contributed by atoms with van der Waals surface area (Å²) in [5, 5.41) is 2.93. The Morgan fingerprint density at radius 2 is 1.65 bits per heavy atom. The van der Waals surface area contributed by atoms with Crippen molar-refractivity contribution in [2.45, 2.75) is 38.1 Å². The Morgan fingerprint density at radius 3 is 2.26 bits per heavy atom. The summed E-state index contributed by atoms with van der Waals surface area (Å²) in [6.45, 7) is 5.56. The van der Waals surface area contributed by atoms with Crippen molar-refractivity contribution in [3.05, 3.63) is 95.6 Å². The lowest BCUT2D eigenvalue weighted by Crippen LogP contribution is -2.41. The second-order valence-corrected chi connectivity index (χ2v) is 9.41. The number of aryl methyl sites for hydroxylation is 2. The molecule has 0 fully saturated rings. The molecule has 0 spiro atoms.